The van der Waals surface area contributed by atoms with E-state index in [-0.39, 0.29) is 18.0 Å². The van der Waals surface area contributed by atoms with Crippen molar-refractivity contribution < 1.29 is 14.3 Å². The van der Waals surface area contributed by atoms with Crippen LogP contribution in [0.25, 0.3) is 21.9 Å². The molecule has 0 spiro atoms. The first-order valence-corrected chi connectivity index (χ1v) is 10.8. The van der Waals surface area contributed by atoms with Crippen LogP contribution in [-0.2, 0) is 11.3 Å². The molecule has 1 saturated heterocycles. The molecule has 4 aromatic rings. The number of amides is 1. The molecule has 2 aromatic heterocycles. The van der Waals surface area contributed by atoms with Crippen molar-refractivity contribution in [3.8, 4) is 11.5 Å². The van der Waals surface area contributed by atoms with Gasteiger partial charge in [0.2, 0.25) is 5.91 Å². The van der Waals surface area contributed by atoms with Crippen molar-refractivity contribution in [2.45, 2.75) is 6.54 Å². The molecule has 2 aromatic carbocycles. The minimum absolute atomic E-state index is 0.0465. The van der Waals surface area contributed by atoms with Crippen LogP contribution >= 0.6 is 0 Å². The van der Waals surface area contributed by atoms with E-state index in [0.29, 0.717) is 41.1 Å². The van der Waals surface area contributed by atoms with E-state index in [9.17, 15) is 9.59 Å². The van der Waals surface area contributed by atoms with Gasteiger partial charge in [0.05, 0.1) is 26.1 Å². The predicted molar refractivity (Wildman–Crippen MR) is 126 cm³/mol. The summed E-state index contributed by atoms with van der Waals surface area (Å²) in [6.07, 6.45) is 1.44. The molecule has 1 amide bonds. The monoisotopic (exact) mass is 447 g/mol. The van der Waals surface area contributed by atoms with Crippen molar-refractivity contribution in [3.05, 3.63) is 59.1 Å². The molecule has 0 aliphatic carbocycles. The number of ether oxygens (including phenoxy) is 2. The average molecular weight is 447 g/mol. The van der Waals surface area contributed by atoms with Gasteiger partial charge in [-0.3, -0.25) is 14.2 Å². The molecule has 33 heavy (non-hydrogen) atoms. The molecule has 0 atom stereocenters. The van der Waals surface area contributed by atoms with E-state index in [0.717, 1.165) is 24.2 Å². The van der Waals surface area contributed by atoms with Gasteiger partial charge in [0.1, 0.15) is 17.6 Å². The highest BCUT2D eigenvalue weighted by atomic mass is 16.5. The van der Waals surface area contributed by atoms with Crippen LogP contribution < -0.4 is 19.9 Å². The van der Waals surface area contributed by atoms with Gasteiger partial charge in [-0.2, -0.15) is 0 Å². The molecule has 0 unspecified atom stereocenters. The predicted octanol–water partition coefficient (Wildman–Crippen LogP) is 2.24. The summed E-state index contributed by atoms with van der Waals surface area (Å²) in [6.45, 7) is 2.70. The fourth-order valence-electron chi connectivity index (χ4n) is 4.33. The molecule has 1 fully saturated rings. The third-order valence-electron chi connectivity index (χ3n) is 6.14. The Morgan fingerprint density at radius 2 is 1.73 bits per heavy atom. The Kier molecular flexibility index (Phi) is 5.37. The average Bonchev–Trinajstić information content (AvgIpc) is 3.23. The number of benzene rings is 2. The third-order valence-corrected chi connectivity index (χ3v) is 6.14. The summed E-state index contributed by atoms with van der Waals surface area (Å²) in [5, 5.41) is 0.760. The summed E-state index contributed by atoms with van der Waals surface area (Å²) in [6, 6.07) is 13.7. The second-order valence-corrected chi connectivity index (χ2v) is 7.98. The maximum atomic E-state index is 13.1. The zero-order valence-electron chi connectivity index (χ0n) is 18.6. The van der Waals surface area contributed by atoms with Gasteiger partial charge in [0, 0.05) is 43.3 Å². The smallest absolute Gasteiger partial charge is 0.278 e. The standard InChI is InChI=1S/C24H25N5O4/c1-32-19-12-17-18(13-20(19)33-2)26-23-22(17)25-15-29(24(23)31)14-21(30)28-10-8-27(9-11-28)16-6-4-3-5-7-16/h3-7,12-13,15,26H,8-11,14H2,1-2H3. The number of aromatic nitrogens is 3. The Labute approximate surface area is 190 Å². The van der Waals surface area contributed by atoms with E-state index in [1.165, 1.54) is 10.9 Å². The highest BCUT2D eigenvalue weighted by Gasteiger charge is 2.22. The maximum Gasteiger partial charge on any atom is 0.278 e. The first-order valence-electron chi connectivity index (χ1n) is 10.8. The molecule has 1 aliphatic heterocycles. The van der Waals surface area contributed by atoms with Crippen LogP contribution in [-0.4, -0.2) is 65.7 Å². The number of nitrogens with one attached hydrogen (secondary N) is 1. The summed E-state index contributed by atoms with van der Waals surface area (Å²) >= 11 is 0. The number of hydrogen-bond donors (Lipinski definition) is 1. The second-order valence-electron chi connectivity index (χ2n) is 7.98. The number of fused-ring (bicyclic) bond motifs is 3. The van der Waals surface area contributed by atoms with Crippen LogP contribution in [0.5, 0.6) is 11.5 Å². The van der Waals surface area contributed by atoms with Crippen LogP contribution in [0.3, 0.4) is 0 Å². The molecular weight excluding hydrogens is 422 g/mol. The van der Waals surface area contributed by atoms with Gasteiger partial charge in [0.25, 0.3) is 5.56 Å². The van der Waals surface area contributed by atoms with Crippen molar-refractivity contribution in [1.82, 2.24) is 19.4 Å². The van der Waals surface area contributed by atoms with E-state index >= 15 is 0 Å². The number of H-pyrrole nitrogens is 1. The van der Waals surface area contributed by atoms with Crippen molar-refractivity contribution in [2.75, 3.05) is 45.3 Å². The Morgan fingerprint density at radius 3 is 2.42 bits per heavy atom. The Bertz CT molecular complexity index is 1370. The molecule has 5 rings (SSSR count). The number of anilines is 1. The highest BCUT2D eigenvalue weighted by molar-refractivity contribution is 6.05. The highest BCUT2D eigenvalue weighted by Crippen LogP contribution is 2.34. The Morgan fingerprint density at radius 1 is 1.03 bits per heavy atom. The van der Waals surface area contributed by atoms with Gasteiger partial charge in [-0.05, 0) is 18.2 Å². The first kappa shape index (κ1) is 20.9. The van der Waals surface area contributed by atoms with Gasteiger partial charge in [-0.1, -0.05) is 18.2 Å². The van der Waals surface area contributed by atoms with E-state index in [4.69, 9.17) is 9.47 Å². The summed E-state index contributed by atoms with van der Waals surface area (Å²) in [5.74, 6) is 1.02. The molecule has 0 saturated carbocycles. The zero-order chi connectivity index (χ0) is 22.9. The summed E-state index contributed by atoms with van der Waals surface area (Å²) in [7, 11) is 3.12. The molecule has 3 heterocycles. The lowest BCUT2D eigenvalue weighted by Gasteiger charge is -2.36. The second kappa shape index (κ2) is 8.50. The Hall–Kier alpha value is -4.01. The number of rotatable bonds is 5. The first-order chi connectivity index (χ1) is 16.1. The van der Waals surface area contributed by atoms with E-state index < -0.39 is 0 Å². The van der Waals surface area contributed by atoms with Crippen molar-refractivity contribution >= 4 is 33.5 Å². The SMILES string of the molecule is COc1cc2[nH]c3c(=O)n(CC(=O)N4CCN(c5ccccc5)CC4)cnc3c2cc1OC. The van der Waals surface area contributed by atoms with Gasteiger partial charge in [-0.25, -0.2) is 4.98 Å². The fraction of sp³-hybridized carbons (Fsp3) is 0.292. The van der Waals surface area contributed by atoms with Gasteiger partial charge >= 0.3 is 0 Å². The van der Waals surface area contributed by atoms with Crippen LogP contribution in [0, 0.1) is 0 Å². The van der Waals surface area contributed by atoms with Gasteiger partial charge in [-0.15, -0.1) is 0 Å². The van der Waals surface area contributed by atoms with Gasteiger partial charge in [0.15, 0.2) is 11.5 Å². The minimum atomic E-state index is -0.287. The van der Waals surface area contributed by atoms with Crippen LogP contribution in [0.2, 0.25) is 0 Å². The maximum absolute atomic E-state index is 13.1. The van der Waals surface area contributed by atoms with E-state index in [1.54, 1.807) is 31.3 Å². The number of hydrogen-bond acceptors (Lipinski definition) is 6. The minimum Gasteiger partial charge on any atom is -0.493 e. The van der Waals surface area contributed by atoms with Crippen LogP contribution in [0.1, 0.15) is 0 Å². The lowest BCUT2D eigenvalue weighted by molar-refractivity contribution is -0.132. The molecule has 1 aliphatic rings. The third kappa shape index (κ3) is 3.75. The summed E-state index contributed by atoms with van der Waals surface area (Å²) < 4.78 is 12.1. The van der Waals surface area contributed by atoms with Crippen LogP contribution in [0.4, 0.5) is 5.69 Å². The largest absolute Gasteiger partial charge is 0.493 e. The molecule has 0 radical (unpaired) electrons. The van der Waals surface area contributed by atoms with E-state index in [2.05, 4.69) is 27.0 Å². The summed E-state index contributed by atoms with van der Waals surface area (Å²) in [4.78, 5) is 37.7. The molecule has 0 bridgehead atoms. The molecule has 170 valence electrons. The molecular formula is C24H25N5O4. The number of carbonyl (C=O) groups excluding carboxylic acids is 1. The number of carbonyl (C=O) groups is 1. The Balaban J connectivity index is 1.36. The van der Waals surface area contributed by atoms with Crippen molar-refractivity contribution in [1.29, 1.82) is 0 Å². The van der Waals surface area contributed by atoms with Crippen molar-refractivity contribution in [3.63, 3.8) is 0 Å². The fourth-order valence-corrected chi connectivity index (χ4v) is 4.33. The molecule has 9 heteroatoms. The number of nitrogens with zero attached hydrogens (tertiary/aromatic N) is 4. The quantitative estimate of drug-likeness (QED) is 0.505. The number of piperazine rings is 1. The van der Waals surface area contributed by atoms with E-state index in [1.807, 2.05) is 18.2 Å². The van der Waals surface area contributed by atoms with Gasteiger partial charge < -0.3 is 24.3 Å². The zero-order valence-corrected chi connectivity index (χ0v) is 18.6. The summed E-state index contributed by atoms with van der Waals surface area (Å²) in [5.41, 5.74) is 2.47. The van der Waals surface area contributed by atoms with Crippen molar-refractivity contribution in [2.24, 2.45) is 0 Å². The molecule has 9 nitrogen and oxygen atoms in total. The number of aromatic amines is 1. The van der Waals surface area contributed by atoms with Crippen LogP contribution in [0.15, 0.2) is 53.6 Å². The number of methoxy groups -OCH3 is 2. The number of para-hydroxylation sites is 1. The topological polar surface area (TPSA) is 92.7 Å². The normalized spacial score (nSPS) is 14.1. The molecule has 1 N–H and O–H groups in total. The lowest BCUT2D eigenvalue weighted by Crippen LogP contribution is -2.50. The lowest BCUT2D eigenvalue weighted by atomic mass is 10.2.